The lowest BCUT2D eigenvalue weighted by Gasteiger charge is -2.31. The number of likely N-dealkylation sites (tertiary alicyclic amines) is 1. The van der Waals surface area contributed by atoms with E-state index < -0.39 is 12.0 Å². The van der Waals surface area contributed by atoms with E-state index in [2.05, 4.69) is 4.98 Å². The Morgan fingerprint density at radius 1 is 1.39 bits per heavy atom. The van der Waals surface area contributed by atoms with Crippen molar-refractivity contribution in [3.05, 3.63) is 16.7 Å². The van der Waals surface area contributed by atoms with Crippen LogP contribution < -0.4 is 0 Å². The van der Waals surface area contributed by atoms with Crippen molar-refractivity contribution in [2.75, 3.05) is 13.1 Å². The summed E-state index contributed by atoms with van der Waals surface area (Å²) in [6.45, 7) is 3.41. The van der Waals surface area contributed by atoms with E-state index in [4.69, 9.17) is 11.6 Å². The maximum atomic E-state index is 11.5. The molecule has 100 valence electrons. The highest BCUT2D eigenvalue weighted by atomic mass is 35.5. The zero-order valence-electron chi connectivity index (χ0n) is 10.7. The highest BCUT2D eigenvalue weighted by Crippen LogP contribution is 2.29. The molecule has 0 bridgehead atoms. The monoisotopic (exact) mass is 271 g/mol. The number of imidazole rings is 1. The van der Waals surface area contributed by atoms with Gasteiger partial charge >= 0.3 is 5.97 Å². The predicted molar refractivity (Wildman–Crippen MR) is 68.8 cm³/mol. The van der Waals surface area contributed by atoms with Crippen molar-refractivity contribution in [2.45, 2.75) is 32.2 Å². The SMILES string of the molecule is Cc1nc(C(C(=O)O)N2CCCCC2)c(Cl)n1C. The third-order valence-electron chi connectivity index (χ3n) is 3.52. The summed E-state index contributed by atoms with van der Waals surface area (Å²) >= 11 is 6.18. The molecule has 1 aliphatic heterocycles. The summed E-state index contributed by atoms with van der Waals surface area (Å²) in [5.74, 6) is -0.143. The van der Waals surface area contributed by atoms with Crippen molar-refractivity contribution in [3.8, 4) is 0 Å². The number of carboxylic acids is 1. The van der Waals surface area contributed by atoms with Gasteiger partial charge in [0.05, 0.1) is 0 Å². The molecule has 0 aliphatic carbocycles. The summed E-state index contributed by atoms with van der Waals surface area (Å²) in [5, 5.41) is 9.88. The molecule has 1 saturated heterocycles. The summed E-state index contributed by atoms with van der Waals surface area (Å²) < 4.78 is 1.72. The number of aryl methyl sites for hydroxylation is 1. The first kappa shape index (κ1) is 13.4. The van der Waals surface area contributed by atoms with E-state index in [0.717, 1.165) is 38.2 Å². The van der Waals surface area contributed by atoms with Gasteiger partial charge in [-0.25, -0.2) is 4.98 Å². The fourth-order valence-electron chi connectivity index (χ4n) is 2.41. The maximum absolute atomic E-state index is 11.5. The van der Waals surface area contributed by atoms with Gasteiger partial charge < -0.3 is 9.67 Å². The Balaban J connectivity index is 2.34. The number of piperidine rings is 1. The molecular weight excluding hydrogens is 254 g/mol. The van der Waals surface area contributed by atoms with E-state index in [-0.39, 0.29) is 0 Å². The van der Waals surface area contributed by atoms with Crippen LogP contribution in [0, 0.1) is 6.92 Å². The number of halogens is 1. The van der Waals surface area contributed by atoms with Crippen LogP contribution in [-0.4, -0.2) is 38.6 Å². The average molecular weight is 272 g/mol. The Morgan fingerprint density at radius 2 is 2.00 bits per heavy atom. The number of aromatic nitrogens is 2. The molecule has 1 N–H and O–H groups in total. The number of nitrogens with zero attached hydrogens (tertiary/aromatic N) is 3. The van der Waals surface area contributed by atoms with Crippen LogP contribution in [0.2, 0.25) is 5.15 Å². The highest BCUT2D eigenvalue weighted by molar-refractivity contribution is 6.30. The highest BCUT2D eigenvalue weighted by Gasteiger charge is 2.33. The van der Waals surface area contributed by atoms with Crippen molar-refractivity contribution in [1.29, 1.82) is 0 Å². The van der Waals surface area contributed by atoms with E-state index >= 15 is 0 Å². The van der Waals surface area contributed by atoms with Crippen LogP contribution in [0.15, 0.2) is 0 Å². The summed E-state index contributed by atoms with van der Waals surface area (Å²) in [6.07, 6.45) is 3.23. The lowest BCUT2D eigenvalue weighted by molar-refractivity contribution is -0.144. The molecule has 0 spiro atoms. The van der Waals surface area contributed by atoms with E-state index in [1.54, 1.807) is 11.6 Å². The normalized spacial score (nSPS) is 18.8. The zero-order chi connectivity index (χ0) is 13.3. The molecule has 5 nitrogen and oxygen atoms in total. The van der Waals surface area contributed by atoms with Crippen molar-refractivity contribution < 1.29 is 9.90 Å². The van der Waals surface area contributed by atoms with Crippen molar-refractivity contribution >= 4 is 17.6 Å². The van der Waals surface area contributed by atoms with Crippen molar-refractivity contribution in [3.63, 3.8) is 0 Å². The Morgan fingerprint density at radius 3 is 2.44 bits per heavy atom. The minimum Gasteiger partial charge on any atom is -0.480 e. The van der Waals surface area contributed by atoms with Gasteiger partial charge in [-0.2, -0.15) is 0 Å². The third-order valence-corrected chi connectivity index (χ3v) is 3.97. The van der Waals surface area contributed by atoms with Crippen LogP contribution in [-0.2, 0) is 11.8 Å². The summed E-state index contributed by atoms with van der Waals surface area (Å²) in [6, 6.07) is -0.724. The molecule has 0 saturated carbocycles. The Hall–Kier alpha value is -1.07. The van der Waals surface area contributed by atoms with Crippen LogP contribution in [0.5, 0.6) is 0 Å². The van der Waals surface area contributed by atoms with E-state index in [1.807, 2.05) is 11.8 Å². The largest absolute Gasteiger partial charge is 0.480 e. The first-order valence-corrected chi connectivity index (χ1v) is 6.55. The first-order valence-electron chi connectivity index (χ1n) is 6.18. The van der Waals surface area contributed by atoms with E-state index in [9.17, 15) is 9.90 Å². The molecule has 1 unspecified atom stereocenters. The number of carboxylic acid groups (broad SMARTS) is 1. The number of hydrogen-bond acceptors (Lipinski definition) is 3. The molecule has 0 aromatic carbocycles. The summed E-state index contributed by atoms with van der Waals surface area (Å²) in [5.41, 5.74) is 0.464. The number of hydrogen-bond donors (Lipinski definition) is 1. The van der Waals surface area contributed by atoms with Crippen LogP contribution in [0.1, 0.15) is 36.8 Å². The lowest BCUT2D eigenvalue weighted by atomic mass is 10.1. The van der Waals surface area contributed by atoms with Crippen molar-refractivity contribution in [2.24, 2.45) is 7.05 Å². The number of carbonyl (C=O) groups is 1. The molecule has 1 aliphatic rings. The predicted octanol–water partition coefficient (Wildman–Crippen LogP) is 1.99. The van der Waals surface area contributed by atoms with Gasteiger partial charge in [0, 0.05) is 7.05 Å². The maximum Gasteiger partial charge on any atom is 0.327 e. The fraction of sp³-hybridized carbons (Fsp3) is 0.667. The Bertz CT molecular complexity index is 452. The minimum atomic E-state index is -0.878. The van der Waals surface area contributed by atoms with Gasteiger partial charge in [0.1, 0.15) is 16.7 Å². The molecule has 0 amide bonds. The Labute approximate surface area is 111 Å². The molecule has 2 heterocycles. The average Bonchev–Trinajstić information content (AvgIpc) is 2.59. The quantitative estimate of drug-likeness (QED) is 0.913. The first-order chi connectivity index (χ1) is 8.52. The van der Waals surface area contributed by atoms with Gasteiger partial charge in [0.2, 0.25) is 0 Å². The second kappa shape index (κ2) is 5.28. The summed E-state index contributed by atoms with van der Waals surface area (Å²) in [7, 11) is 1.79. The van der Waals surface area contributed by atoms with Gasteiger partial charge in [-0.3, -0.25) is 9.69 Å². The van der Waals surface area contributed by atoms with Crippen LogP contribution >= 0.6 is 11.6 Å². The number of rotatable bonds is 3. The molecular formula is C12H18ClN3O2. The van der Waals surface area contributed by atoms with E-state index in [1.165, 1.54) is 0 Å². The molecule has 1 aromatic heterocycles. The van der Waals surface area contributed by atoms with E-state index in [0.29, 0.717) is 10.8 Å². The van der Waals surface area contributed by atoms with Crippen LogP contribution in [0.4, 0.5) is 0 Å². The standard InChI is InChI=1S/C12H18ClN3O2/c1-8-14-9(11(13)15(8)2)10(12(17)18)16-6-4-3-5-7-16/h10H,3-7H2,1-2H3,(H,17,18). The second-order valence-electron chi connectivity index (χ2n) is 4.73. The minimum absolute atomic E-state index is 0.422. The molecule has 1 atom stereocenters. The van der Waals surface area contributed by atoms with Gasteiger partial charge in [0.15, 0.2) is 6.04 Å². The van der Waals surface area contributed by atoms with Crippen LogP contribution in [0.3, 0.4) is 0 Å². The molecule has 0 radical (unpaired) electrons. The van der Waals surface area contributed by atoms with Gasteiger partial charge in [-0.15, -0.1) is 0 Å². The molecule has 6 heteroatoms. The van der Waals surface area contributed by atoms with Crippen molar-refractivity contribution in [1.82, 2.24) is 14.5 Å². The van der Waals surface area contributed by atoms with Gasteiger partial charge in [-0.05, 0) is 32.9 Å². The van der Waals surface area contributed by atoms with Gasteiger partial charge in [0.25, 0.3) is 0 Å². The zero-order valence-corrected chi connectivity index (χ0v) is 11.4. The molecule has 18 heavy (non-hydrogen) atoms. The van der Waals surface area contributed by atoms with Crippen LogP contribution in [0.25, 0.3) is 0 Å². The fourth-order valence-corrected chi connectivity index (χ4v) is 2.67. The molecule has 1 aromatic rings. The molecule has 2 rings (SSSR count). The third kappa shape index (κ3) is 2.37. The van der Waals surface area contributed by atoms with Gasteiger partial charge in [-0.1, -0.05) is 18.0 Å². The topological polar surface area (TPSA) is 58.4 Å². The smallest absolute Gasteiger partial charge is 0.327 e. The summed E-state index contributed by atoms with van der Waals surface area (Å²) in [4.78, 5) is 17.8. The lowest BCUT2D eigenvalue weighted by Crippen LogP contribution is -2.38. The second-order valence-corrected chi connectivity index (χ2v) is 5.09. The number of aliphatic carboxylic acids is 1. The Kier molecular flexibility index (Phi) is 3.92. The molecule has 1 fully saturated rings.